The topological polar surface area (TPSA) is 61.4 Å². The van der Waals surface area contributed by atoms with E-state index in [1.54, 1.807) is 11.9 Å². The van der Waals surface area contributed by atoms with Crippen LogP contribution in [0.4, 0.5) is 8.78 Å². The molecule has 0 bridgehead atoms. The number of hydrogen-bond donors (Lipinski definition) is 2. The monoisotopic (exact) mass is 393 g/mol. The maximum atomic E-state index is 13.3. The van der Waals surface area contributed by atoms with Crippen LogP contribution in [0.15, 0.2) is 18.2 Å². The first kappa shape index (κ1) is 20.7. The SMILES string of the molecule is CN1CC(NC2CCC2)CCCC(C(=O)NCc2cc(F)cc(F)c2)CC1=O. The van der Waals surface area contributed by atoms with E-state index in [1.807, 2.05) is 0 Å². The summed E-state index contributed by atoms with van der Waals surface area (Å²) in [6.07, 6.45) is 6.23. The van der Waals surface area contributed by atoms with Crippen molar-refractivity contribution in [1.29, 1.82) is 0 Å². The van der Waals surface area contributed by atoms with Crippen LogP contribution in [0.2, 0.25) is 0 Å². The number of rotatable bonds is 5. The third kappa shape index (κ3) is 5.74. The molecule has 1 aliphatic heterocycles. The largest absolute Gasteiger partial charge is 0.352 e. The molecule has 2 aliphatic rings. The number of hydrogen-bond acceptors (Lipinski definition) is 3. The molecule has 2 fully saturated rings. The fourth-order valence-electron chi connectivity index (χ4n) is 3.92. The summed E-state index contributed by atoms with van der Waals surface area (Å²) in [5, 5.41) is 6.37. The minimum Gasteiger partial charge on any atom is -0.352 e. The van der Waals surface area contributed by atoms with Crippen molar-refractivity contribution in [3.63, 3.8) is 0 Å². The molecule has 7 heteroatoms. The standard InChI is InChI=1S/C21H29F2N3O2/c1-26-13-19(25-18-5-3-6-18)7-2-4-15(10-20(26)27)21(28)24-12-14-8-16(22)11-17(23)9-14/h8-9,11,15,18-19,25H,2-7,10,12-13H2,1H3,(H,24,28). The molecule has 2 N–H and O–H groups in total. The van der Waals surface area contributed by atoms with E-state index in [0.717, 1.165) is 18.9 Å². The van der Waals surface area contributed by atoms with Gasteiger partial charge in [-0.1, -0.05) is 12.8 Å². The zero-order valence-electron chi connectivity index (χ0n) is 16.3. The van der Waals surface area contributed by atoms with Gasteiger partial charge in [0, 0.05) is 50.6 Å². The summed E-state index contributed by atoms with van der Waals surface area (Å²) in [4.78, 5) is 26.8. The van der Waals surface area contributed by atoms with Gasteiger partial charge in [-0.15, -0.1) is 0 Å². The molecule has 0 aromatic heterocycles. The van der Waals surface area contributed by atoms with Gasteiger partial charge >= 0.3 is 0 Å². The minimum atomic E-state index is -0.673. The van der Waals surface area contributed by atoms with Gasteiger partial charge in [-0.3, -0.25) is 9.59 Å². The predicted octanol–water partition coefficient (Wildman–Crippen LogP) is 2.74. The lowest BCUT2D eigenvalue weighted by atomic mass is 9.91. The molecule has 1 aromatic carbocycles. The number of halogens is 2. The first-order valence-electron chi connectivity index (χ1n) is 10.1. The lowest BCUT2D eigenvalue weighted by Crippen LogP contribution is -2.48. The second kappa shape index (κ2) is 9.45. The second-order valence-corrected chi connectivity index (χ2v) is 8.09. The van der Waals surface area contributed by atoms with Crippen molar-refractivity contribution in [3.8, 4) is 0 Å². The molecule has 3 rings (SSSR count). The molecule has 2 amide bonds. The van der Waals surface area contributed by atoms with E-state index in [2.05, 4.69) is 10.6 Å². The Labute approximate surface area is 164 Å². The Morgan fingerprint density at radius 3 is 2.36 bits per heavy atom. The zero-order valence-corrected chi connectivity index (χ0v) is 16.3. The van der Waals surface area contributed by atoms with E-state index in [0.29, 0.717) is 24.6 Å². The number of amides is 2. The molecule has 1 saturated heterocycles. The number of nitrogens with zero attached hydrogens (tertiary/aromatic N) is 1. The predicted molar refractivity (Wildman–Crippen MR) is 102 cm³/mol. The second-order valence-electron chi connectivity index (χ2n) is 8.09. The van der Waals surface area contributed by atoms with Crippen LogP contribution < -0.4 is 10.6 Å². The van der Waals surface area contributed by atoms with Gasteiger partial charge < -0.3 is 15.5 Å². The van der Waals surface area contributed by atoms with Crippen LogP contribution in [-0.4, -0.2) is 42.4 Å². The van der Waals surface area contributed by atoms with Crippen molar-refractivity contribution in [3.05, 3.63) is 35.4 Å². The summed E-state index contributed by atoms with van der Waals surface area (Å²) >= 11 is 0. The van der Waals surface area contributed by atoms with Crippen LogP contribution in [-0.2, 0) is 16.1 Å². The molecule has 28 heavy (non-hydrogen) atoms. The van der Waals surface area contributed by atoms with Crippen molar-refractivity contribution in [2.75, 3.05) is 13.6 Å². The van der Waals surface area contributed by atoms with Gasteiger partial charge in [-0.05, 0) is 43.4 Å². The molecule has 2 unspecified atom stereocenters. The van der Waals surface area contributed by atoms with E-state index < -0.39 is 17.6 Å². The van der Waals surface area contributed by atoms with Crippen molar-refractivity contribution < 1.29 is 18.4 Å². The van der Waals surface area contributed by atoms with Gasteiger partial charge in [0.25, 0.3) is 0 Å². The fourth-order valence-corrected chi connectivity index (χ4v) is 3.92. The Kier molecular flexibility index (Phi) is 6.99. The Bertz CT molecular complexity index is 689. The van der Waals surface area contributed by atoms with Crippen LogP contribution in [0.1, 0.15) is 50.5 Å². The Morgan fingerprint density at radius 1 is 1.07 bits per heavy atom. The van der Waals surface area contributed by atoms with Gasteiger partial charge in [0.2, 0.25) is 11.8 Å². The highest BCUT2D eigenvalue weighted by molar-refractivity contribution is 5.85. The van der Waals surface area contributed by atoms with Crippen molar-refractivity contribution in [2.24, 2.45) is 5.92 Å². The molecule has 0 radical (unpaired) electrons. The first-order chi connectivity index (χ1) is 13.4. The summed E-state index contributed by atoms with van der Waals surface area (Å²) in [5.41, 5.74) is 0.363. The highest BCUT2D eigenvalue weighted by Gasteiger charge is 2.28. The van der Waals surface area contributed by atoms with Crippen LogP contribution in [0.3, 0.4) is 0 Å². The summed E-state index contributed by atoms with van der Waals surface area (Å²) in [6, 6.07) is 4.01. The molecule has 2 atom stereocenters. The van der Waals surface area contributed by atoms with E-state index in [-0.39, 0.29) is 30.8 Å². The average Bonchev–Trinajstić information content (AvgIpc) is 2.66. The maximum Gasteiger partial charge on any atom is 0.223 e. The summed E-state index contributed by atoms with van der Waals surface area (Å²) < 4.78 is 26.6. The molecular formula is C21H29F2N3O2. The summed E-state index contributed by atoms with van der Waals surface area (Å²) in [6.45, 7) is 0.701. The normalized spacial score (nSPS) is 24.1. The maximum absolute atomic E-state index is 13.3. The van der Waals surface area contributed by atoms with Gasteiger partial charge in [0.1, 0.15) is 11.6 Å². The molecule has 1 heterocycles. The van der Waals surface area contributed by atoms with Crippen LogP contribution in [0, 0.1) is 17.6 Å². The minimum absolute atomic E-state index is 0.0416. The van der Waals surface area contributed by atoms with Gasteiger partial charge in [-0.25, -0.2) is 8.78 Å². The number of nitrogens with one attached hydrogen (secondary N) is 2. The Morgan fingerprint density at radius 2 is 1.71 bits per heavy atom. The highest BCUT2D eigenvalue weighted by atomic mass is 19.1. The van der Waals surface area contributed by atoms with Crippen molar-refractivity contribution in [1.82, 2.24) is 15.5 Å². The van der Waals surface area contributed by atoms with E-state index >= 15 is 0 Å². The zero-order chi connectivity index (χ0) is 20.1. The molecule has 1 aromatic rings. The van der Waals surface area contributed by atoms with Crippen molar-refractivity contribution >= 4 is 11.8 Å². The van der Waals surface area contributed by atoms with Crippen LogP contribution in [0.25, 0.3) is 0 Å². The molecule has 5 nitrogen and oxygen atoms in total. The number of likely N-dealkylation sites (N-methyl/N-ethyl adjacent to an activating group) is 1. The Hall–Kier alpha value is -2.02. The van der Waals surface area contributed by atoms with Crippen LogP contribution in [0.5, 0.6) is 0 Å². The molecule has 154 valence electrons. The summed E-state index contributed by atoms with van der Waals surface area (Å²) in [7, 11) is 1.79. The molecule has 1 saturated carbocycles. The highest BCUT2D eigenvalue weighted by Crippen LogP contribution is 2.23. The third-order valence-corrected chi connectivity index (χ3v) is 5.78. The third-order valence-electron chi connectivity index (χ3n) is 5.78. The van der Waals surface area contributed by atoms with E-state index in [4.69, 9.17) is 0 Å². The van der Waals surface area contributed by atoms with Gasteiger partial charge in [0.05, 0.1) is 0 Å². The molecule has 1 aliphatic carbocycles. The number of benzene rings is 1. The molecular weight excluding hydrogens is 364 g/mol. The fraction of sp³-hybridized carbons (Fsp3) is 0.619. The number of carbonyl (C=O) groups is 2. The Balaban J connectivity index is 1.56. The average molecular weight is 393 g/mol. The summed E-state index contributed by atoms with van der Waals surface area (Å²) in [5.74, 6) is -2.05. The van der Waals surface area contributed by atoms with Crippen LogP contribution >= 0.6 is 0 Å². The van der Waals surface area contributed by atoms with E-state index in [1.165, 1.54) is 31.4 Å². The first-order valence-corrected chi connectivity index (χ1v) is 10.1. The van der Waals surface area contributed by atoms with Crippen molar-refractivity contribution in [2.45, 2.75) is 63.6 Å². The van der Waals surface area contributed by atoms with Gasteiger partial charge in [-0.2, -0.15) is 0 Å². The van der Waals surface area contributed by atoms with Gasteiger partial charge in [0.15, 0.2) is 0 Å². The smallest absolute Gasteiger partial charge is 0.223 e. The lowest BCUT2D eigenvalue weighted by Gasteiger charge is -2.33. The van der Waals surface area contributed by atoms with E-state index in [9.17, 15) is 18.4 Å². The quantitative estimate of drug-likeness (QED) is 0.809. The lowest BCUT2D eigenvalue weighted by molar-refractivity contribution is -0.135. The molecule has 0 spiro atoms. The number of carbonyl (C=O) groups excluding carboxylic acids is 2.